The average molecular weight is 131 g/mol. The van der Waals surface area contributed by atoms with Gasteiger partial charge in [0.2, 0.25) is 0 Å². The molecule has 9 heavy (non-hydrogen) atoms. The van der Waals surface area contributed by atoms with Crippen LogP contribution in [0.1, 0.15) is 6.42 Å². The van der Waals surface area contributed by atoms with Crippen LogP contribution in [0, 0.1) is 0 Å². The van der Waals surface area contributed by atoms with Crippen molar-refractivity contribution in [2.75, 3.05) is 20.7 Å². The Morgan fingerprint density at radius 1 is 1.67 bits per heavy atom. The third-order valence-electron chi connectivity index (χ3n) is 1.81. The molecule has 3 nitrogen and oxygen atoms in total. The van der Waals surface area contributed by atoms with E-state index in [1.54, 1.807) is 7.11 Å². The van der Waals surface area contributed by atoms with Crippen molar-refractivity contribution in [3.8, 4) is 0 Å². The number of rotatable bonds is 1. The maximum absolute atomic E-state index is 9.15. The predicted octanol–water partition coefficient (Wildman–Crippen LogP) is -0.345. The number of likely N-dealkylation sites (tertiary alicyclic amines) is 1. The molecule has 3 heteroatoms. The van der Waals surface area contributed by atoms with Crippen LogP contribution >= 0.6 is 0 Å². The van der Waals surface area contributed by atoms with Gasteiger partial charge in [-0.1, -0.05) is 0 Å². The molecule has 0 aromatic heterocycles. The largest absolute Gasteiger partial charge is 0.380 e. The maximum atomic E-state index is 9.15. The first-order valence-corrected chi connectivity index (χ1v) is 3.15. The zero-order valence-electron chi connectivity index (χ0n) is 5.87. The molecule has 54 valence electrons. The minimum Gasteiger partial charge on any atom is -0.380 e. The number of nitrogens with zero attached hydrogens (tertiary/aromatic N) is 1. The summed E-state index contributed by atoms with van der Waals surface area (Å²) in [5, 5.41) is 9.15. The Labute approximate surface area is 55.2 Å². The van der Waals surface area contributed by atoms with Crippen LogP contribution in [0.5, 0.6) is 0 Å². The minimum atomic E-state index is -0.296. The van der Waals surface area contributed by atoms with Crippen LogP contribution in [-0.2, 0) is 4.74 Å². The maximum Gasteiger partial charge on any atom is 0.109 e. The van der Waals surface area contributed by atoms with Crippen molar-refractivity contribution in [3.05, 3.63) is 0 Å². The fourth-order valence-corrected chi connectivity index (χ4v) is 1.10. The lowest BCUT2D eigenvalue weighted by atomic mass is 10.3. The fourth-order valence-electron chi connectivity index (χ4n) is 1.10. The van der Waals surface area contributed by atoms with E-state index in [4.69, 9.17) is 9.84 Å². The molecular formula is C6H13NO2. The van der Waals surface area contributed by atoms with Crippen molar-refractivity contribution in [2.45, 2.75) is 18.8 Å². The molecule has 0 aliphatic carbocycles. The summed E-state index contributed by atoms with van der Waals surface area (Å²) in [6.45, 7) is 0.845. The third kappa shape index (κ3) is 1.41. The van der Waals surface area contributed by atoms with Crippen molar-refractivity contribution in [1.82, 2.24) is 4.90 Å². The SMILES string of the molecule is CO[C@H]1C[C@@H](O)N(C)C1. The van der Waals surface area contributed by atoms with Gasteiger partial charge in [-0.15, -0.1) is 0 Å². The monoisotopic (exact) mass is 131 g/mol. The molecule has 1 saturated heterocycles. The average Bonchev–Trinajstić information content (AvgIpc) is 2.13. The molecular weight excluding hydrogens is 118 g/mol. The van der Waals surface area contributed by atoms with Crippen molar-refractivity contribution >= 4 is 0 Å². The van der Waals surface area contributed by atoms with Gasteiger partial charge in [0.15, 0.2) is 0 Å². The van der Waals surface area contributed by atoms with Gasteiger partial charge in [-0.05, 0) is 7.05 Å². The van der Waals surface area contributed by atoms with Crippen LogP contribution < -0.4 is 0 Å². The smallest absolute Gasteiger partial charge is 0.109 e. The Balaban J connectivity index is 2.35. The van der Waals surface area contributed by atoms with E-state index in [0.29, 0.717) is 0 Å². The topological polar surface area (TPSA) is 32.7 Å². The van der Waals surface area contributed by atoms with Gasteiger partial charge in [0, 0.05) is 20.1 Å². The van der Waals surface area contributed by atoms with E-state index in [1.807, 2.05) is 11.9 Å². The summed E-state index contributed by atoms with van der Waals surface area (Å²) in [7, 11) is 3.57. The first-order chi connectivity index (χ1) is 4.24. The molecule has 1 fully saturated rings. The fraction of sp³-hybridized carbons (Fsp3) is 1.00. The highest BCUT2D eigenvalue weighted by Gasteiger charge is 2.26. The van der Waals surface area contributed by atoms with E-state index < -0.39 is 0 Å². The summed E-state index contributed by atoms with van der Waals surface area (Å²) in [5.74, 6) is 0. The van der Waals surface area contributed by atoms with E-state index in [1.165, 1.54) is 0 Å². The quantitative estimate of drug-likeness (QED) is 0.528. The molecule has 0 spiro atoms. The van der Waals surface area contributed by atoms with Gasteiger partial charge in [0.05, 0.1) is 6.10 Å². The van der Waals surface area contributed by atoms with Crippen molar-refractivity contribution < 1.29 is 9.84 Å². The Morgan fingerprint density at radius 2 is 2.33 bits per heavy atom. The van der Waals surface area contributed by atoms with Crippen LogP contribution in [0.4, 0.5) is 0 Å². The Kier molecular flexibility index (Phi) is 2.05. The molecule has 0 amide bonds. The number of methoxy groups -OCH3 is 1. The van der Waals surface area contributed by atoms with Gasteiger partial charge in [0.1, 0.15) is 6.23 Å². The van der Waals surface area contributed by atoms with Gasteiger partial charge < -0.3 is 9.84 Å². The zero-order valence-corrected chi connectivity index (χ0v) is 5.87. The Hall–Kier alpha value is -0.120. The highest BCUT2D eigenvalue weighted by Crippen LogP contribution is 2.14. The van der Waals surface area contributed by atoms with Gasteiger partial charge in [0.25, 0.3) is 0 Å². The van der Waals surface area contributed by atoms with Crippen LogP contribution in [0.2, 0.25) is 0 Å². The van der Waals surface area contributed by atoms with Crippen molar-refractivity contribution in [3.63, 3.8) is 0 Å². The molecule has 0 radical (unpaired) electrons. The Bertz CT molecular complexity index is 87.1. The predicted molar refractivity (Wildman–Crippen MR) is 34.1 cm³/mol. The number of hydrogen-bond acceptors (Lipinski definition) is 3. The van der Waals surface area contributed by atoms with Crippen LogP contribution in [0.25, 0.3) is 0 Å². The molecule has 1 aliphatic rings. The molecule has 1 N–H and O–H groups in total. The summed E-state index contributed by atoms with van der Waals surface area (Å²) < 4.78 is 5.05. The third-order valence-corrected chi connectivity index (χ3v) is 1.81. The standard InChI is InChI=1S/C6H13NO2/c1-7-4-5(9-2)3-6(7)8/h5-6,8H,3-4H2,1-2H3/t5-,6+/m0/s1. The van der Waals surface area contributed by atoms with Gasteiger partial charge >= 0.3 is 0 Å². The lowest BCUT2D eigenvalue weighted by Crippen LogP contribution is -2.24. The molecule has 0 aromatic carbocycles. The number of aliphatic hydroxyl groups is 1. The van der Waals surface area contributed by atoms with E-state index in [2.05, 4.69) is 0 Å². The highest BCUT2D eigenvalue weighted by atomic mass is 16.5. The molecule has 1 aliphatic heterocycles. The van der Waals surface area contributed by atoms with Gasteiger partial charge in [-0.25, -0.2) is 0 Å². The minimum absolute atomic E-state index is 0.227. The molecule has 0 saturated carbocycles. The highest BCUT2D eigenvalue weighted by molar-refractivity contribution is 4.75. The second kappa shape index (κ2) is 2.64. The van der Waals surface area contributed by atoms with Crippen LogP contribution in [0.15, 0.2) is 0 Å². The van der Waals surface area contributed by atoms with E-state index in [0.717, 1.165) is 13.0 Å². The number of ether oxygens (including phenoxy) is 1. The second-order valence-electron chi connectivity index (χ2n) is 2.51. The number of aliphatic hydroxyl groups excluding tert-OH is 1. The lowest BCUT2D eigenvalue weighted by Gasteiger charge is -2.10. The van der Waals surface area contributed by atoms with Crippen molar-refractivity contribution in [2.24, 2.45) is 0 Å². The summed E-state index contributed by atoms with van der Waals surface area (Å²) >= 11 is 0. The lowest BCUT2D eigenvalue weighted by molar-refractivity contribution is 0.0551. The summed E-state index contributed by atoms with van der Waals surface area (Å²) in [6.07, 6.45) is 0.674. The summed E-state index contributed by atoms with van der Waals surface area (Å²) in [5.41, 5.74) is 0. The first kappa shape index (κ1) is 6.99. The molecule has 1 rings (SSSR count). The number of hydrogen-bond donors (Lipinski definition) is 1. The summed E-state index contributed by atoms with van der Waals surface area (Å²) in [4.78, 5) is 1.88. The van der Waals surface area contributed by atoms with Gasteiger partial charge in [-0.2, -0.15) is 0 Å². The van der Waals surface area contributed by atoms with Crippen LogP contribution in [-0.4, -0.2) is 43.0 Å². The second-order valence-corrected chi connectivity index (χ2v) is 2.51. The zero-order chi connectivity index (χ0) is 6.85. The van der Waals surface area contributed by atoms with Crippen LogP contribution in [0.3, 0.4) is 0 Å². The Morgan fingerprint density at radius 3 is 2.56 bits per heavy atom. The van der Waals surface area contributed by atoms with E-state index >= 15 is 0 Å². The molecule has 0 aromatic rings. The molecule has 0 bridgehead atoms. The normalized spacial score (nSPS) is 37.7. The number of likely N-dealkylation sites (N-methyl/N-ethyl adjacent to an activating group) is 1. The first-order valence-electron chi connectivity index (χ1n) is 3.15. The molecule has 1 heterocycles. The van der Waals surface area contributed by atoms with E-state index in [9.17, 15) is 0 Å². The summed E-state index contributed by atoms with van der Waals surface area (Å²) in [6, 6.07) is 0. The van der Waals surface area contributed by atoms with Gasteiger partial charge in [-0.3, -0.25) is 4.90 Å². The van der Waals surface area contributed by atoms with E-state index in [-0.39, 0.29) is 12.3 Å². The molecule has 2 atom stereocenters. The van der Waals surface area contributed by atoms with Crippen molar-refractivity contribution in [1.29, 1.82) is 0 Å². The molecule has 0 unspecified atom stereocenters.